The fourth-order valence-corrected chi connectivity index (χ4v) is 3.88. The average Bonchev–Trinajstić information content (AvgIpc) is 3.41. The Morgan fingerprint density at radius 3 is 2.11 bits per heavy atom. The quantitative estimate of drug-likeness (QED) is 0.468. The summed E-state index contributed by atoms with van der Waals surface area (Å²) in [5.41, 5.74) is 1.03. The van der Waals surface area contributed by atoms with Gasteiger partial charge in [0, 0.05) is 44.5 Å². The van der Waals surface area contributed by atoms with E-state index in [2.05, 4.69) is 15.2 Å². The van der Waals surface area contributed by atoms with Gasteiger partial charge in [-0.1, -0.05) is 6.07 Å². The molecule has 3 heterocycles. The molecule has 4 rings (SSSR count). The number of alkyl halides is 6. The molecule has 3 aliphatic rings. The van der Waals surface area contributed by atoms with E-state index in [1.807, 2.05) is 12.1 Å². The third-order valence-electron chi connectivity index (χ3n) is 5.71. The smallest absolute Gasteiger partial charge is 0.475 e. The molecule has 0 radical (unpaired) electrons. The number of pyridine rings is 1. The van der Waals surface area contributed by atoms with Crippen LogP contribution in [0.1, 0.15) is 31.2 Å². The minimum atomic E-state index is -5.08. The monoisotopic (exact) mass is 543 g/mol. The average molecular weight is 543 g/mol. The number of nitrogens with zero attached hydrogens (tertiary/aromatic N) is 2. The van der Waals surface area contributed by atoms with Gasteiger partial charge in [-0.05, 0) is 36.8 Å². The lowest BCUT2D eigenvalue weighted by Crippen LogP contribution is -2.30. The Labute approximate surface area is 207 Å². The van der Waals surface area contributed by atoms with Crippen LogP contribution in [0.2, 0.25) is 0 Å². The van der Waals surface area contributed by atoms with E-state index >= 15 is 0 Å². The highest BCUT2D eigenvalue weighted by molar-refractivity contribution is 5.76. The predicted molar refractivity (Wildman–Crippen MR) is 114 cm³/mol. The number of ether oxygens (including phenoxy) is 1. The zero-order valence-corrected chi connectivity index (χ0v) is 19.5. The Morgan fingerprint density at radius 1 is 1.05 bits per heavy atom. The molecule has 3 fully saturated rings. The van der Waals surface area contributed by atoms with E-state index in [1.54, 1.807) is 12.4 Å². The maximum absolute atomic E-state index is 12.1. The number of carbonyl (C=O) groups is 3. The molecule has 1 aromatic rings. The molecule has 9 nitrogen and oxygen atoms in total. The van der Waals surface area contributed by atoms with Crippen LogP contribution >= 0.6 is 0 Å². The second-order valence-electron chi connectivity index (χ2n) is 8.90. The van der Waals surface area contributed by atoms with Crippen molar-refractivity contribution in [2.45, 2.75) is 56.8 Å². The van der Waals surface area contributed by atoms with Gasteiger partial charge in [0.05, 0.1) is 18.6 Å². The maximum atomic E-state index is 12.1. The Morgan fingerprint density at radius 2 is 1.65 bits per heavy atom. The summed E-state index contributed by atoms with van der Waals surface area (Å²) in [7, 11) is 0. The molecule has 2 saturated heterocycles. The first-order valence-corrected chi connectivity index (χ1v) is 11.3. The summed E-state index contributed by atoms with van der Waals surface area (Å²) in [6, 6.07) is 3.86. The van der Waals surface area contributed by atoms with Crippen molar-refractivity contribution < 1.29 is 55.7 Å². The van der Waals surface area contributed by atoms with Gasteiger partial charge in [0.25, 0.3) is 0 Å². The van der Waals surface area contributed by atoms with Crippen molar-refractivity contribution in [2.24, 2.45) is 11.8 Å². The topological polar surface area (TPSA) is 129 Å². The van der Waals surface area contributed by atoms with Crippen LogP contribution in [0.5, 0.6) is 0 Å². The van der Waals surface area contributed by atoms with Gasteiger partial charge in [0.15, 0.2) is 0 Å². The van der Waals surface area contributed by atoms with Crippen LogP contribution in [0.25, 0.3) is 0 Å². The first-order chi connectivity index (χ1) is 17.1. The van der Waals surface area contributed by atoms with Crippen LogP contribution < -0.4 is 5.32 Å². The molecule has 1 aromatic heterocycles. The third kappa shape index (κ3) is 11.3. The van der Waals surface area contributed by atoms with Gasteiger partial charge >= 0.3 is 24.3 Å². The largest absolute Gasteiger partial charge is 0.490 e. The normalized spacial score (nSPS) is 23.1. The maximum Gasteiger partial charge on any atom is 0.490 e. The molecule has 1 saturated carbocycles. The van der Waals surface area contributed by atoms with Crippen LogP contribution in [0, 0.1) is 11.8 Å². The van der Waals surface area contributed by atoms with E-state index in [0.29, 0.717) is 25.0 Å². The molecule has 0 spiro atoms. The van der Waals surface area contributed by atoms with Crippen molar-refractivity contribution in [1.82, 2.24) is 15.2 Å². The fourth-order valence-electron chi connectivity index (χ4n) is 3.88. The summed E-state index contributed by atoms with van der Waals surface area (Å²) in [5, 5.41) is 17.2. The van der Waals surface area contributed by atoms with E-state index in [1.165, 1.54) is 19.4 Å². The third-order valence-corrected chi connectivity index (χ3v) is 5.71. The van der Waals surface area contributed by atoms with Crippen molar-refractivity contribution in [3.63, 3.8) is 0 Å². The first kappa shape index (κ1) is 30.3. The molecule has 1 amide bonds. The molecule has 2 aliphatic heterocycles. The van der Waals surface area contributed by atoms with Crippen LogP contribution in [-0.2, 0) is 25.7 Å². The van der Waals surface area contributed by atoms with Crippen molar-refractivity contribution in [2.75, 3.05) is 19.6 Å². The molecular formula is C22H27F6N3O6. The second kappa shape index (κ2) is 13.0. The number of rotatable bonds is 6. The summed E-state index contributed by atoms with van der Waals surface area (Å²) < 4.78 is 69.6. The standard InChI is InChI=1S/C18H25N3O2.2C2HF3O2/c22-18(20-9-14-2-1-5-19-8-14)7-16-6-15-11-21(10-13-3-4-13)12-17(15)23-16;2*3-2(4,5)1(6)7/h1-2,5,8,13,15-17H,3-4,6-7,9-12H2,(H,20,22);2*(H,6,7)/t15-,16-,17+;;/m0../s1. The van der Waals surface area contributed by atoms with Gasteiger partial charge < -0.3 is 25.2 Å². The number of fused-ring (bicyclic) bond motifs is 1. The zero-order chi connectivity index (χ0) is 27.8. The number of amides is 1. The van der Waals surface area contributed by atoms with Crippen molar-refractivity contribution in [3.8, 4) is 0 Å². The second-order valence-corrected chi connectivity index (χ2v) is 8.90. The fraction of sp³-hybridized carbons (Fsp3) is 0.636. The number of carbonyl (C=O) groups excluding carboxylic acids is 1. The Balaban J connectivity index is 0.000000286. The van der Waals surface area contributed by atoms with E-state index in [-0.39, 0.29) is 12.0 Å². The minimum Gasteiger partial charge on any atom is -0.475 e. The summed E-state index contributed by atoms with van der Waals surface area (Å²) in [6.07, 6.45) is -1.86. The SMILES string of the molecule is O=C(C[C@@H]1C[C@H]2CN(CC3CC3)C[C@H]2O1)NCc1cccnc1.O=C(O)C(F)(F)F.O=C(O)C(F)(F)F. The van der Waals surface area contributed by atoms with Gasteiger partial charge in [-0.15, -0.1) is 0 Å². The summed E-state index contributed by atoms with van der Waals surface area (Å²) in [5.74, 6) is -3.86. The molecule has 0 bridgehead atoms. The number of halogens is 6. The minimum absolute atomic E-state index is 0.0775. The summed E-state index contributed by atoms with van der Waals surface area (Å²) in [6.45, 7) is 4.03. The number of carboxylic acid groups (broad SMARTS) is 2. The van der Waals surface area contributed by atoms with E-state index < -0.39 is 24.3 Å². The van der Waals surface area contributed by atoms with Crippen molar-refractivity contribution >= 4 is 17.8 Å². The number of aromatic nitrogens is 1. The number of nitrogens with one attached hydrogen (secondary N) is 1. The highest BCUT2D eigenvalue weighted by Gasteiger charge is 2.43. The van der Waals surface area contributed by atoms with Gasteiger partial charge in [0.2, 0.25) is 5.91 Å². The first-order valence-electron chi connectivity index (χ1n) is 11.3. The zero-order valence-electron chi connectivity index (χ0n) is 19.5. The molecular weight excluding hydrogens is 516 g/mol. The van der Waals surface area contributed by atoms with Gasteiger partial charge in [-0.25, -0.2) is 9.59 Å². The number of aliphatic carboxylic acids is 2. The lowest BCUT2D eigenvalue weighted by atomic mass is 10.0. The van der Waals surface area contributed by atoms with Crippen LogP contribution in [-0.4, -0.2) is 82.1 Å². The lowest BCUT2D eigenvalue weighted by molar-refractivity contribution is -0.193. The molecule has 15 heteroatoms. The number of likely N-dealkylation sites (tertiary alicyclic amines) is 1. The molecule has 0 aromatic carbocycles. The molecule has 1 aliphatic carbocycles. The Bertz CT molecular complexity index is 872. The van der Waals surface area contributed by atoms with Gasteiger partial charge in [-0.2, -0.15) is 26.3 Å². The molecule has 0 unspecified atom stereocenters. The van der Waals surface area contributed by atoms with E-state index in [4.69, 9.17) is 24.5 Å². The van der Waals surface area contributed by atoms with Crippen molar-refractivity contribution in [3.05, 3.63) is 30.1 Å². The number of hydrogen-bond acceptors (Lipinski definition) is 6. The van der Waals surface area contributed by atoms with Crippen LogP contribution in [0.4, 0.5) is 26.3 Å². The van der Waals surface area contributed by atoms with Gasteiger partial charge in [-0.3, -0.25) is 9.78 Å². The van der Waals surface area contributed by atoms with Gasteiger partial charge in [0.1, 0.15) is 0 Å². The number of hydrogen-bond donors (Lipinski definition) is 3. The number of carboxylic acids is 2. The molecule has 3 N–H and O–H groups in total. The highest BCUT2D eigenvalue weighted by atomic mass is 19.4. The molecule has 3 atom stereocenters. The highest BCUT2D eigenvalue weighted by Crippen LogP contribution is 2.37. The van der Waals surface area contributed by atoms with Crippen molar-refractivity contribution in [1.29, 1.82) is 0 Å². The lowest BCUT2D eigenvalue weighted by Gasteiger charge is -2.18. The summed E-state index contributed by atoms with van der Waals surface area (Å²) in [4.78, 5) is 36.5. The van der Waals surface area contributed by atoms with Crippen LogP contribution in [0.3, 0.4) is 0 Å². The predicted octanol–water partition coefficient (Wildman–Crippen LogP) is 2.85. The van der Waals surface area contributed by atoms with E-state index in [9.17, 15) is 31.1 Å². The van der Waals surface area contributed by atoms with Crippen LogP contribution in [0.15, 0.2) is 24.5 Å². The molecule has 208 valence electrons. The summed E-state index contributed by atoms with van der Waals surface area (Å²) >= 11 is 0. The Hall–Kier alpha value is -2.94. The van der Waals surface area contributed by atoms with E-state index in [0.717, 1.165) is 31.0 Å². The molecule has 37 heavy (non-hydrogen) atoms. The Kier molecular flexibility index (Phi) is 10.7.